The molecule has 0 bridgehead atoms. The number of carbonyl (C=O) groups is 1. The Balaban J connectivity index is 2.12. The van der Waals surface area contributed by atoms with Gasteiger partial charge in [-0.05, 0) is 25.7 Å². The zero-order valence-electron chi connectivity index (χ0n) is 16.0. The van der Waals surface area contributed by atoms with Crippen LogP contribution in [0.25, 0.3) is 0 Å². The highest BCUT2D eigenvalue weighted by Crippen LogP contribution is 2.27. The molecule has 2 nitrogen and oxygen atoms in total. The fourth-order valence-electron chi connectivity index (χ4n) is 3.73. The first-order valence-electron chi connectivity index (χ1n) is 10.6. The van der Waals surface area contributed by atoms with Crippen molar-refractivity contribution in [1.82, 2.24) is 4.90 Å². The van der Waals surface area contributed by atoms with Crippen molar-refractivity contribution >= 4 is 5.91 Å². The van der Waals surface area contributed by atoms with Gasteiger partial charge in [0.1, 0.15) is 0 Å². The highest BCUT2D eigenvalue weighted by atomic mass is 16.2. The van der Waals surface area contributed by atoms with E-state index in [1.807, 2.05) is 0 Å². The van der Waals surface area contributed by atoms with Gasteiger partial charge in [-0.15, -0.1) is 0 Å². The minimum absolute atomic E-state index is 0.352. The van der Waals surface area contributed by atoms with E-state index in [9.17, 15) is 4.79 Å². The molecule has 1 amide bonds. The van der Waals surface area contributed by atoms with Gasteiger partial charge in [-0.3, -0.25) is 4.79 Å². The van der Waals surface area contributed by atoms with E-state index in [0.29, 0.717) is 11.8 Å². The maximum Gasteiger partial charge on any atom is 0.225 e. The van der Waals surface area contributed by atoms with Gasteiger partial charge < -0.3 is 4.90 Å². The summed E-state index contributed by atoms with van der Waals surface area (Å²) < 4.78 is 0. The Hall–Kier alpha value is -0.530. The maximum atomic E-state index is 12.6. The van der Waals surface area contributed by atoms with Crippen molar-refractivity contribution in [1.29, 1.82) is 0 Å². The highest BCUT2D eigenvalue weighted by Gasteiger charge is 2.26. The van der Waals surface area contributed by atoms with E-state index in [1.165, 1.54) is 77.0 Å². The van der Waals surface area contributed by atoms with E-state index in [0.717, 1.165) is 32.4 Å². The van der Waals surface area contributed by atoms with Gasteiger partial charge in [-0.2, -0.15) is 0 Å². The Morgan fingerprint density at radius 1 is 0.739 bits per heavy atom. The number of carbonyl (C=O) groups excluding carboxylic acids is 1. The van der Waals surface area contributed by atoms with Gasteiger partial charge in [0.25, 0.3) is 0 Å². The zero-order chi connectivity index (χ0) is 16.8. The van der Waals surface area contributed by atoms with Crippen molar-refractivity contribution in [3.05, 3.63) is 0 Å². The number of unbranched alkanes of at least 4 members (excludes halogenated alkanes) is 9. The van der Waals surface area contributed by atoms with E-state index in [4.69, 9.17) is 0 Å². The highest BCUT2D eigenvalue weighted by molar-refractivity contribution is 5.79. The van der Waals surface area contributed by atoms with Gasteiger partial charge in [0.2, 0.25) is 5.91 Å². The summed E-state index contributed by atoms with van der Waals surface area (Å²) in [7, 11) is 0. The molecule has 0 aromatic carbocycles. The molecule has 0 aromatic rings. The molecule has 1 fully saturated rings. The van der Waals surface area contributed by atoms with Crippen molar-refractivity contribution in [2.45, 2.75) is 110 Å². The van der Waals surface area contributed by atoms with Crippen LogP contribution in [0.2, 0.25) is 0 Å². The minimum Gasteiger partial charge on any atom is -0.342 e. The Kier molecular flexibility index (Phi) is 12.4. The largest absolute Gasteiger partial charge is 0.342 e. The second-order valence-electron chi connectivity index (χ2n) is 7.49. The summed E-state index contributed by atoms with van der Waals surface area (Å²) in [5.41, 5.74) is 0. The summed E-state index contributed by atoms with van der Waals surface area (Å²) >= 11 is 0. The third kappa shape index (κ3) is 9.37. The second kappa shape index (κ2) is 13.9. The van der Waals surface area contributed by atoms with Gasteiger partial charge >= 0.3 is 0 Å². The summed E-state index contributed by atoms with van der Waals surface area (Å²) in [6, 6.07) is 0. The van der Waals surface area contributed by atoms with Crippen LogP contribution >= 0.6 is 0 Å². The molecule has 0 saturated heterocycles. The first-order valence-corrected chi connectivity index (χ1v) is 10.6. The number of nitrogens with zero attached hydrogens (tertiary/aromatic N) is 1. The summed E-state index contributed by atoms with van der Waals surface area (Å²) in [5.74, 6) is 0.820. The Bertz CT molecular complexity index is 284. The van der Waals surface area contributed by atoms with Crippen LogP contribution < -0.4 is 0 Å². The molecule has 0 radical (unpaired) electrons. The second-order valence-corrected chi connectivity index (χ2v) is 7.49. The lowest BCUT2D eigenvalue weighted by Gasteiger charge is -2.25. The minimum atomic E-state index is 0.352. The van der Waals surface area contributed by atoms with Gasteiger partial charge in [-0.1, -0.05) is 84.5 Å². The van der Waals surface area contributed by atoms with Crippen molar-refractivity contribution < 1.29 is 4.79 Å². The van der Waals surface area contributed by atoms with E-state index in [-0.39, 0.29) is 0 Å². The summed E-state index contributed by atoms with van der Waals surface area (Å²) in [5, 5.41) is 0. The molecule has 0 atom stereocenters. The zero-order valence-corrected chi connectivity index (χ0v) is 16.0. The molecule has 0 aliphatic heterocycles. The SMILES string of the molecule is CCCCCCCCCCCN(CCCC)C(=O)C1CCCC1. The van der Waals surface area contributed by atoms with Gasteiger partial charge in [0.05, 0.1) is 0 Å². The molecule has 0 aromatic heterocycles. The van der Waals surface area contributed by atoms with Crippen LogP contribution in [0.15, 0.2) is 0 Å². The molecule has 1 aliphatic rings. The third-order valence-electron chi connectivity index (χ3n) is 5.33. The van der Waals surface area contributed by atoms with E-state index in [1.54, 1.807) is 0 Å². The molecule has 0 unspecified atom stereocenters. The van der Waals surface area contributed by atoms with Crippen LogP contribution in [0.1, 0.15) is 110 Å². The Morgan fingerprint density at radius 3 is 1.78 bits per heavy atom. The molecular formula is C21H41NO. The molecule has 136 valence electrons. The molecule has 0 heterocycles. The summed E-state index contributed by atoms with van der Waals surface area (Å²) in [4.78, 5) is 14.8. The molecule has 1 saturated carbocycles. The molecular weight excluding hydrogens is 282 g/mol. The topological polar surface area (TPSA) is 20.3 Å². The number of hydrogen-bond donors (Lipinski definition) is 0. The molecule has 1 aliphatic carbocycles. The Labute approximate surface area is 145 Å². The maximum absolute atomic E-state index is 12.6. The lowest BCUT2D eigenvalue weighted by atomic mass is 10.0. The normalized spacial score (nSPS) is 15.2. The fraction of sp³-hybridized carbons (Fsp3) is 0.952. The van der Waals surface area contributed by atoms with Gasteiger partial charge in [0.15, 0.2) is 0 Å². The predicted octanol–water partition coefficient (Wildman–Crippen LogP) is 6.34. The van der Waals surface area contributed by atoms with Crippen LogP contribution in [0, 0.1) is 5.92 Å². The molecule has 1 rings (SSSR count). The fourth-order valence-corrected chi connectivity index (χ4v) is 3.73. The van der Waals surface area contributed by atoms with Crippen molar-refractivity contribution in [3.8, 4) is 0 Å². The predicted molar refractivity (Wildman–Crippen MR) is 101 cm³/mol. The third-order valence-corrected chi connectivity index (χ3v) is 5.33. The van der Waals surface area contributed by atoms with Crippen LogP contribution in [0.5, 0.6) is 0 Å². The van der Waals surface area contributed by atoms with Crippen LogP contribution in [0.3, 0.4) is 0 Å². The molecule has 23 heavy (non-hydrogen) atoms. The van der Waals surface area contributed by atoms with Crippen molar-refractivity contribution in [2.24, 2.45) is 5.92 Å². The smallest absolute Gasteiger partial charge is 0.225 e. The number of hydrogen-bond acceptors (Lipinski definition) is 1. The van der Waals surface area contributed by atoms with Crippen LogP contribution in [0.4, 0.5) is 0 Å². The van der Waals surface area contributed by atoms with Gasteiger partial charge in [-0.25, -0.2) is 0 Å². The standard InChI is InChI=1S/C21H41NO/c1-3-5-7-8-9-10-11-12-15-19-22(18-6-4-2)21(23)20-16-13-14-17-20/h20H,3-19H2,1-2H3. The molecule has 2 heteroatoms. The van der Waals surface area contributed by atoms with E-state index < -0.39 is 0 Å². The summed E-state index contributed by atoms with van der Waals surface area (Å²) in [6.07, 6.45) is 19.4. The molecule has 0 N–H and O–H groups in total. The average molecular weight is 324 g/mol. The monoisotopic (exact) mass is 323 g/mol. The van der Waals surface area contributed by atoms with E-state index in [2.05, 4.69) is 18.7 Å². The van der Waals surface area contributed by atoms with Crippen molar-refractivity contribution in [2.75, 3.05) is 13.1 Å². The van der Waals surface area contributed by atoms with Crippen LogP contribution in [-0.4, -0.2) is 23.9 Å². The lowest BCUT2D eigenvalue weighted by molar-refractivity contribution is -0.135. The van der Waals surface area contributed by atoms with Gasteiger partial charge in [0, 0.05) is 19.0 Å². The number of rotatable bonds is 14. The Morgan fingerprint density at radius 2 is 1.22 bits per heavy atom. The van der Waals surface area contributed by atoms with Crippen molar-refractivity contribution in [3.63, 3.8) is 0 Å². The molecule has 0 spiro atoms. The quantitative estimate of drug-likeness (QED) is 0.342. The number of amides is 1. The average Bonchev–Trinajstić information content (AvgIpc) is 3.10. The first-order chi connectivity index (χ1) is 11.3. The van der Waals surface area contributed by atoms with E-state index >= 15 is 0 Å². The van der Waals surface area contributed by atoms with Crippen LogP contribution in [-0.2, 0) is 4.79 Å². The summed E-state index contributed by atoms with van der Waals surface area (Å²) in [6.45, 7) is 6.49. The first kappa shape index (κ1) is 20.5. The lowest BCUT2D eigenvalue weighted by Crippen LogP contribution is -2.36.